The lowest BCUT2D eigenvalue weighted by atomic mass is 9.85. The van der Waals surface area contributed by atoms with E-state index in [0.29, 0.717) is 22.8 Å². The number of fused-ring (bicyclic) bond motifs is 1. The second-order valence-electron chi connectivity index (χ2n) is 5.36. The molecule has 0 saturated carbocycles. The zero-order valence-electron chi connectivity index (χ0n) is 11.2. The summed E-state index contributed by atoms with van der Waals surface area (Å²) in [7, 11) is 0. The molecule has 21 heavy (non-hydrogen) atoms. The number of halogens is 3. The van der Waals surface area contributed by atoms with Crippen LogP contribution in [-0.2, 0) is 5.60 Å². The maximum absolute atomic E-state index is 13.4. The summed E-state index contributed by atoms with van der Waals surface area (Å²) < 4.78 is 20.3. The van der Waals surface area contributed by atoms with Gasteiger partial charge in [0.2, 0.25) is 0 Å². The predicted molar refractivity (Wildman–Crippen MR) is 83.1 cm³/mol. The van der Waals surface area contributed by atoms with E-state index in [1.165, 1.54) is 12.1 Å². The number of hydrogen-bond acceptors (Lipinski definition) is 2. The third-order valence-electron chi connectivity index (χ3n) is 3.75. The highest BCUT2D eigenvalue weighted by Crippen LogP contribution is 2.46. The topological polar surface area (TPSA) is 29.5 Å². The molecule has 0 bridgehead atoms. The molecule has 1 aliphatic heterocycles. The van der Waals surface area contributed by atoms with Crippen molar-refractivity contribution in [2.24, 2.45) is 0 Å². The lowest BCUT2D eigenvalue weighted by molar-refractivity contribution is -0.00507. The predicted octanol–water partition coefficient (Wildman–Crippen LogP) is 4.97. The lowest BCUT2D eigenvalue weighted by Crippen LogP contribution is -2.36. The van der Waals surface area contributed by atoms with Crippen molar-refractivity contribution in [1.29, 1.82) is 0 Å². The number of benzene rings is 2. The Morgan fingerprint density at radius 2 is 2.10 bits per heavy atom. The fraction of sp³-hybridized carbons (Fsp3) is 0.250. The molecule has 0 amide bonds. The summed E-state index contributed by atoms with van der Waals surface area (Å²) in [6.07, 6.45) is -0.369. The van der Waals surface area contributed by atoms with Crippen molar-refractivity contribution in [2.75, 3.05) is 0 Å². The molecule has 2 aromatic rings. The molecule has 1 aliphatic rings. The molecule has 0 radical (unpaired) electrons. The number of hydrogen-bond donors (Lipinski definition) is 1. The van der Waals surface area contributed by atoms with E-state index >= 15 is 0 Å². The van der Waals surface area contributed by atoms with Crippen molar-refractivity contribution in [1.82, 2.24) is 0 Å². The van der Waals surface area contributed by atoms with Crippen molar-refractivity contribution in [3.63, 3.8) is 0 Å². The fourth-order valence-corrected chi connectivity index (χ4v) is 3.59. The second kappa shape index (κ2) is 5.27. The van der Waals surface area contributed by atoms with Gasteiger partial charge in [0, 0.05) is 33.1 Å². The highest BCUT2D eigenvalue weighted by Gasteiger charge is 2.39. The van der Waals surface area contributed by atoms with Gasteiger partial charge < -0.3 is 9.84 Å². The summed E-state index contributed by atoms with van der Waals surface area (Å²) in [6.45, 7) is 1.85. The van der Waals surface area contributed by atoms with Crippen LogP contribution in [0.4, 0.5) is 4.39 Å². The third-order valence-corrected chi connectivity index (χ3v) is 4.56. The first-order chi connectivity index (χ1) is 9.89. The Bertz CT molecular complexity index is 707. The van der Waals surface area contributed by atoms with Crippen molar-refractivity contribution in [2.45, 2.75) is 25.0 Å². The van der Waals surface area contributed by atoms with Gasteiger partial charge in [0.05, 0.1) is 6.10 Å². The average molecular weight is 372 g/mol. The SMILES string of the molecule is CC1(c2ccc(Br)cc2Cl)CC(O)c2ccc(F)cc2O1. The molecule has 0 spiro atoms. The van der Waals surface area contributed by atoms with Crippen molar-refractivity contribution >= 4 is 27.5 Å². The number of aliphatic hydroxyl groups excluding tert-OH is 1. The normalized spacial score (nSPS) is 24.3. The molecule has 2 atom stereocenters. The molecule has 0 fully saturated rings. The summed E-state index contributed by atoms with van der Waals surface area (Å²) in [5.41, 5.74) is 0.557. The molecule has 0 saturated heterocycles. The molecule has 0 aromatic heterocycles. The zero-order valence-corrected chi connectivity index (χ0v) is 13.6. The zero-order chi connectivity index (χ0) is 15.2. The number of aliphatic hydroxyl groups is 1. The molecular weight excluding hydrogens is 359 g/mol. The van der Waals surface area contributed by atoms with E-state index in [4.69, 9.17) is 16.3 Å². The van der Waals surface area contributed by atoms with E-state index in [0.717, 1.165) is 10.0 Å². The van der Waals surface area contributed by atoms with E-state index < -0.39 is 17.5 Å². The number of ether oxygens (including phenoxy) is 1. The van der Waals surface area contributed by atoms with Crippen LogP contribution in [0.15, 0.2) is 40.9 Å². The minimum Gasteiger partial charge on any atom is -0.482 e. The molecule has 3 rings (SSSR count). The molecule has 0 aliphatic carbocycles. The summed E-state index contributed by atoms with van der Waals surface area (Å²) in [4.78, 5) is 0. The van der Waals surface area contributed by atoms with Crippen molar-refractivity contribution in [3.05, 3.63) is 62.8 Å². The molecule has 2 unspecified atom stereocenters. The first kappa shape index (κ1) is 14.8. The molecule has 110 valence electrons. The van der Waals surface area contributed by atoms with Crippen LogP contribution in [0.3, 0.4) is 0 Å². The van der Waals surface area contributed by atoms with Crippen molar-refractivity contribution in [3.8, 4) is 5.75 Å². The minimum atomic E-state index is -0.808. The minimum absolute atomic E-state index is 0.354. The van der Waals surface area contributed by atoms with E-state index in [1.54, 1.807) is 12.1 Å². The van der Waals surface area contributed by atoms with Gasteiger partial charge in [-0.05, 0) is 31.2 Å². The monoisotopic (exact) mass is 370 g/mol. The van der Waals surface area contributed by atoms with Gasteiger partial charge >= 0.3 is 0 Å². The fourth-order valence-electron chi connectivity index (χ4n) is 2.72. The van der Waals surface area contributed by atoms with Crippen LogP contribution < -0.4 is 4.74 Å². The largest absolute Gasteiger partial charge is 0.482 e. The Hall–Kier alpha value is -1.10. The van der Waals surface area contributed by atoms with Crippen LogP contribution >= 0.6 is 27.5 Å². The average Bonchev–Trinajstić information content (AvgIpc) is 2.37. The highest BCUT2D eigenvalue weighted by atomic mass is 79.9. The maximum Gasteiger partial charge on any atom is 0.135 e. The molecule has 5 heteroatoms. The van der Waals surface area contributed by atoms with Gasteiger partial charge in [0.15, 0.2) is 0 Å². The van der Waals surface area contributed by atoms with Crippen LogP contribution in [0.25, 0.3) is 0 Å². The third kappa shape index (κ3) is 2.68. The van der Waals surface area contributed by atoms with Crippen LogP contribution in [0, 0.1) is 5.82 Å². The van der Waals surface area contributed by atoms with Gasteiger partial charge in [-0.3, -0.25) is 0 Å². The van der Waals surface area contributed by atoms with E-state index in [2.05, 4.69) is 15.9 Å². The van der Waals surface area contributed by atoms with E-state index in [1.807, 2.05) is 19.1 Å². The van der Waals surface area contributed by atoms with E-state index in [-0.39, 0.29) is 0 Å². The van der Waals surface area contributed by atoms with Gasteiger partial charge in [-0.2, -0.15) is 0 Å². The van der Waals surface area contributed by atoms with Gasteiger partial charge in [-0.25, -0.2) is 4.39 Å². The summed E-state index contributed by atoms with van der Waals surface area (Å²) in [5, 5.41) is 10.9. The van der Waals surface area contributed by atoms with E-state index in [9.17, 15) is 9.50 Å². The standard InChI is InChI=1S/C16H13BrClFO2/c1-16(12-5-2-9(17)6-13(12)18)8-14(20)11-4-3-10(19)7-15(11)21-16/h2-7,14,20H,8H2,1H3. The Morgan fingerprint density at radius 1 is 1.33 bits per heavy atom. The van der Waals surface area contributed by atoms with Gasteiger partial charge in [0.25, 0.3) is 0 Å². The Morgan fingerprint density at radius 3 is 2.81 bits per heavy atom. The molecule has 2 nitrogen and oxygen atoms in total. The maximum atomic E-state index is 13.4. The molecule has 1 heterocycles. The quantitative estimate of drug-likeness (QED) is 0.766. The Kier molecular flexibility index (Phi) is 3.72. The first-order valence-electron chi connectivity index (χ1n) is 6.51. The van der Waals surface area contributed by atoms with Crippen LogP contribution in [0.1, 0.15) is 30.6 Å². The Labute approximate surface area is 135 Å². The summed E-state index contributed by atoms with van der Waals surface area (Å²) >= 11 is 9.65. The van der Waals surface area contributed by atoms with Crippen LogP contribution in [0.2, 0.25) is 5.02 Å². The summed E-state index contributed by atoms with van der Waals surface area (Å²) in [6, 6.07) is 9.66. The molecule has 1 N–H and O–H groups in total. The number of rotatable bonds is 1. The molecular formula is C16H13BrClFO2. The second-order valence-corrected chi connectivity index (χ2v) is 6.68. The highest BCUT2D eigenvalue weighted by molar-refractivity contribution is 9.10. The smallest absolute Gasteiger partial charge is 0.135 e. The molecule has 2 aromatic carbocycles. The first-order valence-corrected chi connectivity index (χ1v) is 7.68. The summed E-state index contributed by atoms with van der Waals surface area (Å²) in [5.74, 6) is -0.0395. The van der Waals surface area contributed by atoms with Crippen LogP contribution in [0.5, 0.6) is 5.75 Å². The van der Waals surface area contributed by atoms with Gasteiger partial charge in [-0.15, -0.1) is 0 Å². The van der Waals surface area contributed by atoms with Crippen molar-refractivity contribution < 1.29 is 14.2 Å². The van der Waals surface area contributed by atoms with Gasteiger partial charge in [0.1, 0.15) is 17.2 Å². The lowest BCUT2D eigenvalue weighted by Gasteiger charge is -2.39. The van der Waals surface area contributed by atoms with Gasteiger partial charge in [-0.1, -0.05) is 33.6 Å². The van der Waals surface area contributed by atoms with Crippen LogP contribution in [-0.4, -0.2) is 5.11 Å². The Balaban J connectivity index is 2.07.